The van der Waals surface area contributed by atoms with E-state index < -0.39 is 15.4 Å². The molecule has 4 N–H and O–H groups in total. The molecule has 0 atom stereocenters. The number of ether oxygens (including phenoxy) is 1. The van der Waals surface area contributed by atoms with Crippen LogP contribution in [0.5, 0.6) is 0 Å². The Kier molecular flexibility index (Phi) is 34.5. The molecule has 3 aliphatic heterocycles. The molecule has 9 nitrogen and oxygen atoms in total. The second-order valence-corrected chi connectivity index (χ2v) is 32.5. The van der Waals surface area contributed by atoms with E-state index in [0.29, 0.717) is 46.7 Å². The minimum absolute atomic E-state index is 0.0124. The van der Waals surface area contributed by atoms with Crippen LogP contribution in [0.3, 0.4) is 0 Å². The minimum atomic E-state index is -2.65. The quantitative estimate of drug-likeness (QED) is 0.151. The molecule has 448 valence electrons. The number of rotatable bonds is 12. The molecule has 10 heteroatoms. The van der Waals surface area contributed by atoms with Crippen molar-refractivity contribution in [1.29, 1.82) is 0 Å². The Bertz CT molecular complexity index is 1520. The Morgan fingerprint density at radius 1 is 0.533 bits per heavy atom. The van der Waals surface area contributed by atoms with Crippen molar-refractivity contribution in [1.82, 2.24) is 4.90 Å². The van der Waals surface area contributed by atoms with Gasteiger partial charge in [-0.15, -0.1) is 0 Å². The molecule has 0 unspecified atom stereocenters. The zero-order chi connectivity index (χ0) is 57.2. The molecule has 3 saturated carbocycles. The van der Waals surface area contributed by atoms with Crippen molar-refractivity contribution in [2.75, 3.05) is 44.4 Å². The highest BCUT2D eigenvalue weighted by atomic mass is 32.2. The summed E-state index contributed by atoms with van der Waals surface area (Å²) in [6, 6.07) is 0. The molecule has 6 rings (SSSR count). The van der Waals surface area contributed by atoms with Crippen molar-refractivity contribution < 1.29 is 38.4 Å². The highest BCUT2D eigenvalue weighted by Gasteiger charge is 2.33. The standard InChI is InChI=1S/C13H25NO2.2C12H24O.C10H20O.C9H18O2S.C9H18O/c1-10(2)9-11-5-7-14(8-6-11)12(15)13(3,4)16;1-11(2,3)9-10-5-7-12(4,13)8-6-10;1-12(2,3)8-10-4-6-11(9-13)7-5-10;1-8(2)7-9-3-5-10(11)6-4-9;1-8(2)7-9-3-5-12(10,11)6-4-9;1-8(2)7-9-3-5-10-6-4-9/h10-11,16H,5-9H2,1-4H3;10,13H,5-9H2,1-4H3;10-11,13H,4-9H2,1-3H3;8-11H,3-7H2,1-2H3;8-9H,3-7H2,1-2H3;8-9H,3-7H2,1-2H3. The Balaban J connectivity index is 0.000000453. The van der Waals surface area contributed by atoms with Crippen LogP contribution in [0.15, 0.2) is 0 Å². The lowest BCUT2D eigenvalue weighted by atomic mass is 9.73. The second kappa shape index (κ2) is 35.8. The number of amides is 1. The molecule has 0 radical (unpaired) electrons. The maximum Gasteiger partial charge on any atom is 0.253 e. The largest absolute Gasteiger partial charge is 0.396 e. The number of hydrogen-bond acceptors (Lipinski definition) is 8. The van der Waals surface area contributed by atoms with E-state index in [0.717, 1.165) is 125 Å². The van der Waals surface area contributed by atoms with Gasteiger partial charge in [0.15, 0.2) is 0 Å². The summed E-state index contributed by atoms with van der Waals surface area (Å²) in [4.78, 5) is 13.6. The minimum Gasteiger partial charge on any atom is -0.396 e. The van der Waals surface area contributed by atoms with E-state index in [2.05, 4.69) is 96.9 Å². The van der Waals surface area contributed by atoms with E-state index in [1.54, 1.807) is 18.7 Å². The molecule has 6 aliphatic rings. The maximum absolute atomic E-state index is 11.8. The van der Waals surface area contributed by atoms with Gasteiger partial charge in [-0.05, 0) is 238 Å². The summed E-state index contributed by atoms with van der Waals surface area (Å²) in [5.74, 6) is 9.49. The maximum atomic E-state index is 11.8. The van der Waals surface area contributed by atoms with Crippen LogP contribution in [0.1, 0.15) is 272 Å². The van der Waals surface area contributed by atoms with Gasteiger partial charge in [-0.3, -0.25) is 4.79 Å². The lowest BCUT2D eigenvalue weighted by Gasteiger charge is -2.35. The summed E-state index contributed by atoms with van der Waals surface area (Å²) in [6.45, 7) is 41.1. The van der Waals surface area contributed by atoms with Crippen molar-refractivity contribution in [3.8, 4) is 0 Å². The summed E-state index contributed by atoms with van der Waals surface area (Å²) in [6.07, 6.45) is 28.5. The topological polar surface area (TPSA) is 145 Å². The van der Waals surface area contributed by atoms with E-state index in [9.17, 15) is 28.5 Å². The molecule has 0 aromatic carbocycles. The summed E-state index contributed by atoms with van der Waals surface area (Å²) >= 11 is 0. The predicted molar refractivity (Wildman–Crippen MR) is 320 cm³/mol. The Morgan fingerprint density at radius 3 is 1.23 bits per heavy atom. The molecule has 0 aromatic heterocycles. The van der Waals surface area contributed by atoms with E-state index in [4.69, 9.17) is 9.84 Å². The third-order valence-electron chi connectivity index (χ3n) is 16.7. The highest BCUT2D eigenvalue weighted by molar-refractivity contribution is 7.91. The number of nitrogens with zero attached hydrogens (tertiary/aromatic N) is 1. The van der Waals surface area contributed by atoms with E-state index >= 15 is 0 Å². The molecule has 75 heavy (non-hydrogen) atoms. The van der Waals surface area contributed by atoms with E-state index in [1.165, 1.54) is 103 Å². The number of aliphatic hydroxyl groups is 4. The zero-order valence-electron chi connectivity index (χ0n) is 52.6. The van der Waals surface area contributed by atoms with Crippen molar-refractivity contribution >= 4 is 15.7 Å². The molecule has 0 spiro atoms. The van der Waals surface area contributed by atoms with Crippen LogP contribution < -0.4 is 0 Å². The molecular weight excluding hydrogens is 955 g/mol. The smallest absolute Gasteiger partial charge is 0.253 e. The summed E-state index contributed by atoms with van der Waals surface area (Å²) in [5.41, 5.74) is -0.649. The van der Waals surface area contributed by atoms with Gasteiger partial charge in [-0.2, -0.15) is 0 Å². The normalized spacial score (nSPS) is 27.3. The Hall–Kier alpha value is -0.780. The number of likely N-dealkylation sites (tertiary alicyclic amines) is 1. The van der Waals surface area contributed by atoms with Crippen molar-refractivity contribution in [2.24, 2.45) is 75.9 Å². The van der Waals surface area contributed by atoms with Gasteiger partial charge >= 0.3 is 0 Å². The van der Waals surface area contributed by atoms with E-state index in [-0.39, 0.29) is 17.6 Å². The fraction of sp³-hybridized carbons (Fsp3) is 0.985. The zero-order valence-corrected chi connectivity index (χ0v) is 53.4. The van der Waals surface area contributed by atoms with Gasteiger partial charge in [0.2, 0.25) is 0 Å². The van der Waals surface area contributed by atoms with Gasteiger partial charge in [0, 0.05) is 32.9 Å². The van der Waals surface area contributed by atoms with Crippen LogP contribution in [0.4, 0.5) is 0 Å². The second-order valence-electron chi connectivity index (χ2n) is 30.2. The molecule has 3 heterocycles. The molecule has 3 saturated heterocycles. The first kappa shape index (κ1) is 72.2. The molecule has 6 fully saturated rings. The number of hydrogen-bond donors (Lipinski definition) is 4. The van der Waals surface area contributed by atoms with Gasteiger partial charge in [0.05, 0.1) is 23.2 Å². The van der Waals surface area contributed by atoms with Crippen LogP contribution in [-0.4, -0.2) is 101 Å². The fourth-order valence-electron chi connectivity index (χ4n) is 12.8. The van der Waals surface area contributed by atoms with Crippen molar-refractivity contribution in [3.05, 3.63) is 0 Å². The first-order valence-electron chi connectivity index (χ1n) is 31.4. The average Bonchev–Trinajstić information content (AvgIpc) is 3.28. The monoisotopic (exact) mass is 1080 g/mol. The molecule has 1 amide bonds. The third kappa shape index (κ3) is 37.7. The van der Waals surface area contributed by atoms with Gasteiger partial charge in [0.1, 0.15) is 15.4 Å². The molecule has 3 aliphatic carbocycles. The summed E-state index contributed by atoms with van der Waals surface area (Å²) < 4.78 is 27.4. The molecule has 0 bridgehead atoms. The lowest BCUT2D eigenvalue weighted by Crippen LogP contribution is -2.48. The van der Waals surface area contributed by atoms with Crippen molar-refractivity contribution in [2.45, 2.75) is 289 Å². The number of sulfone groups is 1. The van der Waals surface area contributed by atoms with Crippen LogP contribution >= 0.6 is 0 Å². The highest BCUT2D eigenvalue weighted by Crippen LogP contribution is 2.39. The third-order valence-corrected chi connectivity index (χ3v) is 18.4. The Labute approximate surface area is 466 Å². The van der Waals surface area contributed by atoms with Gasteiger partial charge < -0.3 is 30.1 Å². The van der Waals surface area contributed by atoms with Gasteiger partial charge in [-0.1, -0.05) is 110 Å². The number of piperidine rings is 1. The first-order chi connectivity index (χ1) is 34.6. The molecule has 0 aromatic rings. The number of carbonyl (C=O) groups excluding carboxylic acids is 1. The lowest BCUT2D eigenvalue weighted by molar-refractivity contribution is -0.149. The van der Waals surface area contributed by atoms with Crippen LogP contribution in [0, 0.1) is 75.9 Å². The van der Waals surface area contributed by atoms with Gasteiger partial charge in [0.25, 0.3) is 5.91 Å². The van der Waals surface area contributed by atoms with E-state index in [1.807, 2.05) is 6.92 Å². The van der Waals surface area contributed by atoms with Gasteiger partial charge in [-0.25, -0.2) is 8.42 Å². The van der Waals surface area contributed by atoms with Crippen LogP contribution in [0.25, 0.3) is 0 Å². The number of carbonyl (C=O) groups is 1. The summed E-state index contributed by atoms with van der Waals surface area (Å²) in [7, 11) is -2.65. The average molecular weight is 1080 g/mol. The summed E-state index contributed by atoms with van der Waals surface area (Å²) in [5, 5.41) is 37.7. The fourth-order valence-corrected chi connectivity index (χ4v) is 14.4. The SMILES string of the molecule is CC(C)(C)CC1CCC(C)(O)CC1.CC(C)(C)CC1CCC(CO)CC1.CC(C)CC1CCC(O)CC1.CC(C)CC1CCN(C(=O)C(C)(C)O)CC1.CC(C)CC1CCOCC1.CC(C)CC1CCS(=O)(=O)CC1. The first-order valence-corrected chi connectivity index (χ1v) is 33.2. The Morgan fingerprint density at radius 2 is 0.867 bits per heavy atom. The van der Waals surface area contributed by atoms with Crippen LogP contribution in [0.2, 0.25) is 0 Å². The number of aliphatic hydroxyl groups excluding tert-OH is 2. The molecular formula is C65H129NO8S. The van der Waals surface area contributed by atoms with Crippen LogP contribution in [-0.2, 0) is 19.4 Å². The predicted octanol–water partition coefficient (Wildman–Crippen LogP) is 15.5. The van der Waals surface area contributed by atoms with Crippen molar-refractivity contribution in [3.63, 3.8) is 0 Å².